The number of phenolic OH excluding ortho intramolecular Hbond substituents is 1. The van der Waals surface area contributed by atoms with E-state index in [4.69, 9.17) is 0 Å². The highest BCUT2D eigenvalue weighted by atomic mass is 16.5. The summed E-state index contributed by atoms with van der Waals surface area (Å²) in [4.78, 5) is 1.95. The van der Waals surface area contributed by atoms with Gasteiger partial charge in [-0.15, -0.1) is 4.85 Å². The number of rotatable bonds is 8. The summed E-state index contributed by atoms with van der Waals surface area (Å²) in [6.45, 7) is 2.22. The summed E-state index contributed by atoms with van der Waals surface area (Å²) in [5, 5.41) is 27.0. The molecule has 25 heavy (non-hydrogen) atoms. The fraction of sp³-hybridized carbons (Fsp3) is 0.400. The number of phenols is 1. The van der Waals surface area contributed by atoms with Crippen molar-refractivity contribution in [2.45, 2.75) is 51.9 Å². The first kappa shape index (κ1) is 17.3. The van der Waals surface area contributed by atoms with Gasteiger partial charge < -0.3 is 10.3 Å². The Balaban J connectivity index is 1.76. The van der Waals surface area contributed by atoms with Crippen LogP contribution in [-0.2, 0) is 6.42 Å². The van der Waals surface area contributed by atoms with Gasteiger partial charge in [0, 0.05) is 0 Å². The van der Waals surface area contributed by atoms with Crippen LogP contribution in [0.1, 0.15) is 51.0 Å². The van der Waals surface area contributed by atoms with Crippen LogP contribution in [0.4, 0.5) is 0 Å². The van der Waals surface area contributed by atoms with Crippen LogP contribution in [0, 0.1) is 5.21 Å². The van der Waals surface area contributed by atoms with Crippen molar-refractivity contribution in [2.24, 2.45) is 0 Å². The van der Waals surface area contributed by atoms with Crippen molar-refractivity contribution < 1.29 is 9.95 Å². The molecular formula is C20H25N3O2. The lowest BCUT2D eigenvalue weighted by molar-refractivity contribution is -0.664. The highest BCUT2D eigenvalue weighted by Crippen LogP contribution is 2.23. The maximum atomic E-state index is 12.5. The average Bonchev–Trinajstić information content (AvgIpc) is 2.96. The second-order valence-electron chi connectivity index (χ2n) is 6.49. The number of aryl methyl sites for hydroxylation is 1. The van der Waals surface area contributed by atoms with Gasteiger partial charge in [0.25, 0.3) is 0 Å². The first-order valence-corrected chi connectivity index (χ1v) is 9.10. The lowest BCUT2D eigenvalue weighted by atomic mass is 10.0. The number of fused-ring (bicyclic) bond motifs is 1. The highest BCUT2D eigenvalue weighted by Gasteiger charge is 2.18. The van der Waals surface area contributed by atoms with E-state index in [1.54, 1.807) is 24.3 Å². The summed E-state index contributed by atoms with van der Waals surface area (Å²) in [6, 6.07) is 12.6. The lowest BCUT2D eigenvalue weighted by Gasteiger charge is -2.08. The zero-order valence-corrected chi connectivity index (χ0v) is 14.7. The summed E-state index contributed by atoms with van der Waals surface area (Å²) >= 11 is 0. The third-order valence-electron chi connectivity index (χ3n) is 4.54. The zero-order chi connectivity index (χ0) is 17.6. The van der Waals surface area contributed by atoms with Crippen LogP contribution in [0.15, 0.2) is 42.5 Å². The molecule has 5 heteroatoms. The number of unbranched alkanes of at least 4 members (excludes halogenated alkanes) is 5. The second-order valence-corrected chi connectivity index (χ2v) is 6.49. The Bertz CT molecular complexity index is 842. The van der Waals surface area contributed by atoms with Gasteiger partial charge in [-0.1, -0.05) is 57.2 Å². The van der Waals surface area contributed by atoms with E-state index in [1.807, 2.05) is 18.2 Å². The van der Waals surface area contributed by atoms with Crippen LogP contribution < -0.4 is 4.85 Å². The Hall–Kier alpha value is -2.56. The minimum Gasteiger partial charge on any atom is -0.692 e. The number of hydrogen-bond acceptors (Lipinski definition) is 3. The summed E-state index contributed by atoms with van der Waals surface area (Å²) in [5.41, 5.74) is 2.64. The molecule has 0 aliphatic heterocycles. The van der Waals surface area contributed by atoms with Gasteiger partial charge in [-0.25, -0.2) is 0 Å². The van der Waals surface area contributed by atoms with Gasteiger partial charge in [0.15, 0.2) is 5.69 Å². The Kier molecular flexibility index (Phi) is 5.53. The molecule has 3 aromatic rings. The Morgan fingerprint density at radius 3 is 2.60 bits per heavy atom. The molecule has 2 aromatic carbocycles. The number of para-hydroxylation sites is 1. The molecular weight excluding hydrogens is 314 g/mol. The molecule has 3 rings (SSSR count). The van der Waals surface area contributed by atoms with E-state index >= 15 is 0 Å². The molecule has 132 valence electrons. The molecule has 1 N–H and O–H groups in total. The first-order chi connectivity index (χ1) is 12.2. The van der Waals surface area contributed by atoms with E-state index < -0.39 is 0 Å². The monoisotopic (exact) mass is 339 g/mol. The lowest BCUT2D eigenvalue weighted by Crippen LogP contribution is -2.37. The molecule has 0 aliphatic rings. The Morgan fingerprint density at radius 1 is 1.04 bits per heavy atom. The maximum absolute atomic E-state index is 12.5. The fourth-order valence-corrected chi connectivity index (χ4v) is 3.10. The molecule has 0 fully saturated rings. The second kappa shape index (κ2) is 8.01. The molecule has 0 radical (unpaired) electrons. The number of aromatic nitrogens is 3. The van der Waals surface area contributed by atoms with Crippen LogP contribution in [-0.4, -0.2) is 15.0 Å². The summed E-state index contributed by atoms with van der Waals surface area (Å²) < 4.78 is 0. The molecule has 1 aromatic heterocycles. The van der Waals surface area contributed by atoms with Gasteiger partial charge in [-0.2, -0.15) is 0 Å². The van der Waals surface area contributed by atoms with E-state index in [0.717, 1.165) is 23.3 Å². The maximum Gasteiger partial charge on any atom is 0.250 e. The van der Waals surface area contributed by atoms with Gasteiger partial charge in [0.1, 0.15) is 5.75 Å². The van der Waals surface area contributed by atoms with Gasteiger partial charge in [-0.3, -0.25) is 0 Å². The minimum atomic E-state index is 0.0594. The molecule has 0 unspecified atom stereocenters. The van der Waals surface area contributed by atoms with Gasteiger partial charge in [0.05, 0.1) is 5.10 Å². The van der Waals surface area contributed by atoms with Crippen molar-refractivity contribution >= 4 is 11.0 Å². The van der Waals surface area contributed by atoms with E-state index in [2.05, 4.69) is 12.0 Å². The van der Waals surface area contributed by atoms with Gasteiger partial charge >= 0.3 is 0 Å². The first-order valence-electron chi connectivity index (χ1n) is 9.10. The van der Waals surface area contributed by atoms with Crippen molar-refractivity contribution in [1.29, 1.82) is 0 Å². The van der Waals surface area contributed by atoms with Crippen molar-refractivity contribution in [3.05, 3.63) is 53.2 Å². The zero-order valence-electron chi connectivity index (χ0n) is 14.7. The highest BCUT2D eigenvalue weighted by molar-refractivity contribution is 5.70. The largest absolute Gasteiger partial charge is 0.692 e. The molecule has 1 heterocycles. The molecule has 0 bridgehead atoms. The number of nitrogens with zero attached hydrogens (tertiary/aromatic N) is 3. The molecule has 0 aliphatic carbocycles. The van der Waals surface area contributed by atoms with Crippen LogP contribution in [0.5, 0.6) is 5.75 Å². The van der Waals surface area contributed by atoms with E-state index in [-0.39, 0.29) is 5.75 Å². The smallest absolute Gasteiger partial charge is 0.250 e. The van der Waals surface area contributed by atoms with Crippen LogP contribution in [0.3, 0.4) is 0 Å². The van der Waals surface area contributed by atoms with Gasteiger partial charge in [-0.05, 0) is 47.5 Å². The number of benzene rings is 2. The Labute approximate surface area is 148 Å². The quantitative estimate of drug-likeness (QED) is 0.379. The van der Waals surface area contributed by atoms with Crippen molar-refractivity contribution in [1.82, 2.24) is 9.90 Å². The third-order valence-corrected chi connectivity index (χ3v) is 4.54. The molecule has 0 saturated carbocycles. The molecule has 0 saturated heterocycles. The molecule has 0 spiro atoms. The molecule has 0 atom stereocenters. The van der Waals surface area contributed by atoms with Crippen molar-refractivity contribution in [3.63, 3.8) is 0 Å². The predicted molar refractivity (Wildman–Crippen MR) is 98.8 cm³/mol. The normalized spacial score (nSPS) is 11.2. The van der Waals surface area contributed by atoms with Crippen LogP contribution in [0.2, 0.25) is 0 Å². The number of aromatic hydroxyl groups is 1. The van der Waals surface area contributed by atoms with Crippen molar-refractivity contribution in [3.8, 4) is 11.4 Å². The fourth-order valence-electron chi connectivity index (χ4n) is 3.10. The summed E-state index contributed by atoms with van der Waals surface area (Å²) in [6.07, 6.45) is 8.40. The van der Waals surface area contributed by atoms with E-state index in [9.17, 15) is 10.3 Å². The SMILES string of the molecule is CCCCCCCCc1ccc(O)c(-n2nc3ccccc3[n+]2[O-])c1. The minimum absolute atomic E-state index is 0.0594. The van der Waals surface area contributed by atoms with E-state index in [1.165, 1.54) is 36.9 Å². The summed E-state index contributed by atoms with van der Waals surface area (Å²) in [5.74, 6) is 0.0594. The summed E-state index contributed by atoms with van der Waals surface area (Å²) in [7, 11) is 0. The van der Waals surface area contributed by atoms with Crippen LogP contribution in [0.25, 0.3) is 16.7 Å². The van der Waals surface area contributed by atoms with Gasteiger partial charge in [0.2, 0.25) is 11.0 Å². The standard InChI is InChI=1S/C20H25N3O2/c1-2-3-4-5-6-7-10-16-13-14-20(24)19(15-16)22-21-17-11-8-9-12-18(17)23(22)25/h8-9,11-15,24H,2-7,10H2,1H3. The van der Waals surface area contributed by atoms with E-state index in [0.29, 0.717) is 16.7 Å². The topological polar surface area (TPSA) is 65.0 Å². The third kappa shape index (κ3) is 3.92. The average molecular weight is 339 g/mol. The molecule has 5 nitrogen and oxygen atoms in total. The predicted octanol–water partition coefficient (Wildman–Crippen LogP) is 4.27. The van der Waals surface area contributed by atoms with Crippen LogP contribution >= 0.6 is 0 Å². The Morgan fingerprint density at radius 2 is 1.80 bits per heavy atom. The molecule has 0 amide bonds. The van der Waals surface area contributed by atoms with Crippen molar-refractivity contribution in [2.75, 3.05) is 0 Å². The number of hydrogen-bond donors (Lipinski definition) is 1.